The van der Waals surface area contributed by atoms with E-state index >= 15 is 0 Å². The van der Waals surface area contributed by atoms with Gasteiger partial charge in [-0.3, -0.25) is 0 Å². The van der Waals surface area contributed by atoms with Crippen molar-refractivity contribution in [3.8, 4) is 0 Å². The molecule has 2 atom stereocenters. The van der Waals surface area contributed by atoms with Gasteiger partial charge in [0.05, 0.1) is 24.3 Å². The maximum atomic E-state index is 12.4. The third kappa shape index (κ3) is 1.86. The summed E-state index contributed by atoms with van der Waals surface area (Å²) in [5, 5.41) is 0. The normalized spacial score (nSPS) is 27.8. The van der Waals surface area contributed by atoms with E-state index in [9.17, 15) is 13.2 Å². The lowest BCUT2D eigenvalue weighted by molar-refractivity contribution is -0.137. The number of nitrogens with zero attached hydrogens (tertiary/aromatic N) is 2. The molecule has 6 heteroatoms. The molecule has 3 heterocycles. The number of rotatable bonds is 1. The van der Waals surface area contributed by atoms with Crippen LogP contribution < -0.4 is 4.90 Å². The van der Waals surface area contributed by atoms with E-state index in [1.54, 1.807) is 0 Å². The molecule has 2 aliphatic rings. The Hall–Kier alpha value is -1.30. The highest BCUT2D eigenvalue weighted by Crippen LogP contribution is 2.33. The minimum absolute atomic E-state index is 0.212. The molecule has 3 nitrogen and oxygen atoms in total. The number of anilines is 1. The maximum Gasteiger partial charge on any atom is 0.417 e. The summed E-state index contributed by atoms with van der Waals surface area (Å²) in [4.78, 5) is 5.92. The number of fused-ring (bicyclic) bond motifs is 2. The molecule has 0 aliphatic carbocycles. The predicted molar refractivity (Wildman–Crippen MR) is 54.7 cm³/mol. The summed E-state index contributed by atoms with van der Waals surface area (Å²) in [6.45, 7) is 1.37. The van der Waals surface area contributed by atoms with Crippen molar-refractivity contribution in [1.29, 1.82) is 0 Å². The molecular weight excluding hydrogens is 233 g/mol. The lowest BCUT2D eigenvalue weighted by Gasteiger charge is -2.27. The van der Waals surface area contributed by atoms with Crippen molar-refractivity contribution in [2.45, 2.75) is 24.7 Å². The molecule has 3 rings (SSSR count). The summed E-state index contributed by atoms with van der Waals surface area (Å²) >= 11 is 0. The number of alkyl halides is 3. The molecule has 2 fully saturated rings. The fraction of sp³-hybridized carbons (Fsp3) is 0.545. The molecule has 0 saturated carbocycles. The zero-order valence-corrected chi connectivity index (χ0v) is 8.94. The van der Waals surface area contributed by atoms with Crippen LogP contribution in [0.3, 0.4) is 0 Å². The average molecular weight is 244 g/mol. The van der Waals surface area contributed by atoms with Gasteiger partial charge in [-0.2, -0.15) is 13.2 Å². The minimum atomic E-state index is -4.32. The lowest BCUT2D eigenvalue weighted by Crippen LogP contribution is -2.37. The van der Waals surface area contributed by atoms with Crippen LogP contribution in [0.1, 0.15) is 12.0 Å². The van der Waals surface area contributed by atoms with Gasteiger partial charge < -0.3 is 9.64 Å². The molecule has 0 spiro atoms. The van der Waals surface area contributed by atoms with Crippen LogP contribution in [0.5, 0.6) is 0 Å². The zero-order chi connectivity index (χ0) is 12.0. The van der Waals surface area contributed by atoms with E-state index in [4.69, 9.17) is 4.74 Å². The highest BCUT2D eigenvalue weighted by Gasteiger charge is 2.40. The summed E-state index contributed by atoms with van der Waals surface area (Å²) < 4.78 is 42.6. The minimum Gasteiger partial charge on any atom is -0.374 e. The first-order valence-electron chi connectivity index (χ1n) is 5.45. The van der Waals surface area contributed by atoms with Crippen LogP contribution in [0.15, 0.2) is 18.3 Å². The van der Waals surface area contributed by atoms with Gasteiger partial charge in [0.15, 0.2) is 0 Å². The second-order valence-corrected chi connectivity index (χ2v) is 4.40. The van der Waals surface area contributed by atoms with Gasteiger partial charge in [-0.15, -0.1) is 0 Å². The second-order valence-electron chi connectivity index (χ2n) is 4.40. The molecule has 17 heavy (non-hydrogen) atoms. The smallest absolute Gasteiger partial charge is 0.374 e. The average Bonchev–Trinajstić information content (AvgIpc) is 2.89. The number of morpholine rings is 1. The first-order valence-corrected chi connectivity index (χ1v) is 5.45. The second kappa shape index (κ2) is 3.60. The summed E-state index contributed by atoms with van der Waals surface area (Å²) in [7, 11) is 0. The van der Waals surface area contributed by atoms with Crippen LogP contribution in [-0.4, -0.2) is 30.3 Å². The van der Waals surface area contributed by atoms with E-state index < -0.39 is 11.7 Å². The van der Waals surface area contributed by atoms with Crippen LogP contribution in [0.25, 0.3) is 0 Å². The van der Waals surface area contributed by atoms with Gasteiger partial charge in [0.1, 0.15) is 5.82 Å². The number of halogens is 3. The largest absolute Gasteiger partial charge is 0.417 e. The Labute approximate surface area is 96.2 Å². The van der Waals surface area contributed by atoms with Crippen LogP contribution >= 0.6 is 0 Å². The lowest BCUT2D eigenvalue weighted by atomic mass is 10.2. The zero-order valence-electron chi connectivity index (χ0n) is 8.94. The SMILES string of the molecule is FC(F)(F)c1ccc(N2CC3CC2CO3)nc1. The van der Waals surface area contributed by atoms with Gasteiger partial charge >= 0.3 is 6.18 Å². The quantitative estimate of drug-likeness (QED) is 0.756. The summed E-state index contributed by atoms with van der Waals surface area (Å²) in [5.74, 6) is 0.605. The molecule has 1 aromatic rings. The fourth-order valence-corrected chi connectivity index (χ4v) is 2.40. The van der Waals surface area contributed by atoms with Crippen LogP contribution in [0.4, 0.5) is 19.0 Å². The van der Waals surface area contributed by atoms with Gasteiger partial charge in [-0.1, -0.05) is 0 Å². The Kier molecular flexibility index (Phi) is 2.29. The molecule has 1 aromatic heterocycles. The number of aromatic nitrogens is 1. The number of hydrogen-bond acceptors (Lipinski definition) is 3. The van der Waals surface area contributed by atoms with E-state index in [0.29, 0.717) is 12.4 Å². The van der Waals surface area contributed by atoms with Gasteiger partial charge in [-0.25, -0.2) is 4.98 Å². The Bertz CT molecular complexity index is 418. The summed E-state index contributed by atoms with van der Waals surface area (Å²) in [6.07, 6.45) is -2.27. The van der Waals surface area contributed by atoms with Crippen LogP contribution in [-0.2, 0) is 10.9 Å². The first kappa shape index (κ1) is 10.8. The standard InChI is InChI=1S/C11H11F3N2O/c12-11(13,14)7-1-2-10(15-4-7)16-5-9-3-8(16)6-17-9/h1-2,4,8-9H,3,5-6H2. The highest BCUT2D eigenvalue weighted by molar-refractivity contribution is 5.43. The molecule has 2 aliphatic heterocycles. The van der Waals surface area contributed by atoms with Crippen molar-refractivity contribution < 1.29 is 17.9 Å². The van der Waals surface area contributed by atoms with Crippen LogP contribution in [0, 0.1) is 0 Å². The third-order valence-electron chi connectivity index (χ3n) is 3.27. The molecule has 0 amide bonds. The third-order valence-corrected chi connectivity index (χ3v) is 3.27. The van der Waals surface area contributed by atoms with Crippen molar-refractivity contribution in [1.82, 2.24) is 4.98 Å². The van der Waals surface area contributed by atoms with E-state index in [2.05, 4.69) is 4.98 Å². The molecule has 2 bridgehead atoms. The maximum absolute atomic E-state index is 12.4. The number of ether oxygens (including phenoxy) is 1. The van der Waals surface area contributed by atoms with Crippen molar-refractivity contribution in [3.05, 3.63) is 23.9 Å². The van der Waals surface area contributed by atoms with Gasteiger partial charge in [0, 0.05) is 12.7 Å². The molecule has 92 valence electrons. The Morgan fingerprint density at radius 3 is 2.65 bits per heavy atom. The van der Waals surface area contributed by atoms with Gasteiger partial charge in [0.2, 0.25) is 0 Å². The van der Waals surface area contributed by atoms with Crippen molar-refractivity contribution >= 4 is 5.82 Å². The Morgan fingerprint density at radius 1 is 1.35 bits per heavy atom. The van der Waals surface area contributed by atoms with E-state index in [-0.39, 0.29) is 12.1 Å². The molecule has 0 radical (unpaired) electrons. The molecule has 0 aromatic carbocycles. The van der Waals surface area contributed by atoms with Crippen molar-refractivity contribution in [2.24, 2.45) is 0 Å². The molecular formula is C11H11F3N2O. The Morgan fingerprint density at radius 2 is 2.18 bits per heavy atom. The first-order chi connectivity index (χ1) is 8.04. The summed E-state index contributed by atoms with van der Waals surface area (Å²) in [5.41, 5.74) is -0.707. The summed E-state index contributed by atoms with van der Waals surface area (Å²) in [6, 6.07) is 2.78. The number of pyridine rings is 1. The monoisotopic (exact) mass is 244 g/mol. The van der Waals surface area contributed by atoms with E-state index in [0.717, 1.165) is 25.2 Å². The number of hydrogen-bond donors (Lipinski definition) is 0. The topological polar surface area (TPSA) is 25.4 Å². The molecule has 0 N–H and O–H groups in total. The highest BCUT2D eigenvalue weighted by atomic mass is 19.4. The van der Waals surface area contributed by atoms with Crippen molar-refractivity contribution in [3.63, 3.8) is 0 Å². The van der Waals surface area contributed by atoms with Gasteiger partial charge in [0.25, 0.3) is 0 Å². The van der Waals surface area contributed by atoms with Crippen LogP contribution in [0.2, 0.25) is 0 Å². The predicted octanol–water partition coefficient (Wildman–Crippen LogP) is 2.08. The molecule has 2 saturated heterocycles. The fourth-order valence-electron chi connectivity index (χ4n) is 2.40. The molecule has 2 unspecified atom stereocenters. The van der Waals surface area contributed by atoms with E-state index in [1.165, 1.54) is 6.07 Å². The van der Waals surface area contributed by atoms with E-state index in [1.807, 2.05) is 4.90 Å². The van der Waals surface area contributed by atoms with Gasteiger partial charge in [-0.05, 0) is 18.6 Å². The van der Waals surface area contributed by atoms with Crippen molar-refractivity contribution in [2.75, 3.05) is 18.1 Å². The Balaban J connectivity index is 1.81.